The molecule has 0 aliphatic heterocycles. The number of amides is 1. The molecular formula is C12H17N3O6. The quantitative estimate of drug-likeness (QED) is 0.403. The van der Waals surface area contributed by atoms with E-state index in [0.29, 0.717) is 11.3 Å². The molecule has 5 N–H and O–H groups in total. The van der Waals surface area contributed by atoms with E-state index in [2.05, 4.69) is 15.3 Å². The molecule has 1 amide bonds. The fourth-order valence-electron chi connectivity index (χ4n) is 1.73. The summed E-state index contributed by atoms with van der Waals surface area (Å²) in [4.78, 5) is 48.9. The van der Waals surface area contributed by atoms with E-state index in [1.165, 1.54) is 0 Å². The van der Waals surface area contributed by atoms with Gasteiger partial charge < -0.3 is 20.5 Å². The van der Waals surface area contributed by atoms with Crippen molar-refractivity contribution in [1.82, 2.24) is 15.3 Å². The molecular weight excluding hydrogens is 282 g/mol. The lowest BCUT2D eigenvalue weighted by Crippen LogP contribution is -2.31. The molecule has 1 aromatic heterocycles. The first kappa shape index (κ1) is 16.6. The SMILES string of the molecule is Cc1[nH]c(=O)[nH]c(=O)c1CCC(=O)NCCC(O)C(=O)O. The Morgan fingerprint density at radius 3 is 2.52 bits per heavy atom. The number of aromatic nitrogens is 2. The van der Waals surface area contributed by atoms with Gasteiger partial charge in [-0.3, -0.25) is 14.6 Å². The fraction of sp³-hybridized carbons (Fsp3) is 0.500. The molecule has 1 atom stereocenters. The minimum atomic E-state index is -1.52. The van der Waals surface area contributed by atoms with E-state index in [1.54, 1.807) is 6.92 Å². The standard InChI is InChI=1S/C12H17N3O6/c1-6-7(10(18)15-12(21)14-6)2-3-9(17)13-5-4-8(16)11(19)20/h8,16H,2-5H2,1H3,(H,13,17)(H,19,20)(H2,14,15,18,21). The van der Waals surface area contributed by atoms with E-state index in [0.717, 1.165) is 0 Å². The van der Waals surface area contributed by atoms with Crippen LogP contribution in [0.25, 0.3) is 0 Å². The number of nitrogens with one attached hydrogen (secondary N) is 3. The van der Waals surface area contributed by atoms with Gasteiger partial charge in [-0.15, -0.1) is 0 Å². The van der Waals surface area contributed by atoms with Gasteiger partial charge in [0.15, 0.2) is 6.10 Å². The molecule has 0 fully saturated rings. The van der Waals surface area contributed by atoms with Crippen molar-refractivity contribution in [3.05, 3.63) is 32.1 Å². The lowest BCUT2D eigenvalue weighted by molar-refractivity contribution is -0.147. The molecule has 0 radical (unpaired) electrons. The van der Waals surface area contributed by atoms with Gasteiger partial charge in [0.05, 0.1) is 0 Å². The number of carboxylic acid groups (broad SMARTS) is 1. The van der Waals surface area contributed by atoms with Gasteiger partial charge in [-0.1, -0.05) is 0 Å². The van der Waals surface area contributed by atoms with Crippen LogP contribution in [0.2, 0.25) is 0 Å². The number of H-pyrrole nitrogens is 2. The van der Waals surface area contributed by atoms with E-state index in [-0.39, 0.29) is 31.7 Å². The highest BCUT2D eigenvalue weighted by atomic mass is 16.4. The largest absolute Gasteiger partial charge is 0.479 e. The molecule has 0 spiro atoms. The Hall–Kier alpha value is -2.42. The Kier molecular flexibility index (Phi) is 5.85. The summed E-state index contributed by atoms with van der Waals surface area (Å²) in [7, 11) is 0. The van der Waals surface area contributed by atoms with Crippen LogP contribution in [0.3, 0.4) is 0 Å². The van der Waals surface area contributed by atoms with E-state index in [9.17, 15) is 19.2 Å². The summed E-state index contributed by atoms with van der Waals surface area (Å²) in [5, 5.41) is 19.9. The van der Waals surface area contributed by atoms with E-state index in [4.69, 9.17) is 10.2 Å². The fourth-order valence-corrected chi connectivity index (χ4v) is 1.73. The van der Waals surface area contributed by atoms with Crippen molar-refractivity contribution in [2.24, 2.45) is 0 Å². The van der Waals surface area contributed by atoms with E-state index in [1.807, 2.05) is 0 Å². The van der Waals surface area contributed by atoms with Gasteiger partial charge in [0.1, 0.15) is 0 Å². The first-order valence-electron chi connectivity index (χ1n) is 6.31. The molecule has 0 saturated carbocycles. The van der Waals surface area contributed by atoms with Crippen LogP contribution < -0.4 is 16.6 Å². The van der Waals surface area contributed by atoms with E-state index < -0.39 is 23.3 Å². The second kappa shape index (κ2) is 7.39. The first-order chi connectivity index (χ1) is 9.81. The van der Waals surface area contributed by atoms with Crippen LogP contribution in [-0.2, 0) is 16.0 Å². The summed E-state index contributed by atoms with van der Waals surface area (Å²) in [5.74, 6) is -1.72. The Labute approximate surface area is 119 Å². The number of carbonyl (C=O) groups is 2. The molecule has 1 rings (SSSR count). The Morgan fingerprint density at radius 2 is 1.95 bits per heavy atom. The third-order valence-corrected chi connectivity index (χ3v) is 2.88. The summed E-state index contributed by atoms with van der Waals surface area (Å²) in [6.07, 6.45) is -1.46. The average Bonchev–Trinajstić information content (AvgIpc) is 2.37. The predicted molar refractivity (Wildman–Crippen MR) is 72.0 cm³/mol. The van der Waals surface area contributed by atoms with Crippen LogP contribution in [0.15, 0.2) is 9.59 Å². The molecule has 1 heterocycles. The Balaban J connectivity index is 2.46. The van der Waals surface area contributed by atoms with Crippen molar-refractivity contribution in [3.63, 3.8) is 0 Å². The minimum Gasteiger partial charge on any atom is -0.479 e. The Bertz CT molecular complexity index is 633. The minimum absolute atomic E-state index is 0.0130. The van der Waals surface area contributed by atoms with Crippen LogP contribution in [0, 0.1) is 6.92 Å². The number of carbonyl (C=O) groups excluding carboxylic acids is 1. The van der Waals surface area contributed by atoms with E-state index >= 15 is 0 Å². The summed E-state index contributed by atoms with van der Waals surface area (Å²) in [5.41, 5.74) is -0.424. The average molecular weight is 299 g/mol. The number of hydrogen-bond donors (Lipinski definition) is 5. The van der Waals surface area contributed by atoms with Gasteiger partial charge in [-0.05, 0) is 13.3 Å². The topological polar surface area (TPSA) is 152 Å². The number of rotatable bonds is 7. The van der Waals surface area contributed by atoms with Crippen molar-refractivity contribution in [2.75, 3.05) is 6.54 Å². The van der Waals surface area contributed by atoms with Crippen LogP contribution in [-0.4, -0.2) is 44.7 Å². The summed E-state index contributed by atoms with van der Waals surface area (Å²) < 4.78 is 0. The van der Waals surface area contributed by atoms with Gasteiger partial charge in [0.25, 0.3) is 5.56 Å². The molecule has 0 bridgehead atoms. The monoisotopic (exact) mass is 299 g/mol. The second-order valence-corrected chi connectivity index (χ2v) is 4.50. The van der Waals surface area contributed by atoms with Gasteiger partial charge in [-0.2, -0.15) is 0 Å². The van der Waals surface area contributed by atoms with Gasteiger partial charge in [-0.25, -0.2) is 9.59 Å². The summed E-state index contributed by atoms with van der Waals surface area (Å²) in [6.45, 7) is 1.58. The molecule has 0 aliphatic carbocycles. The van der Waals surface area contributed by atoms with Crippen LogP contribution in [0.1, 0.15) is 24.1 Å². The number of aliphatic carboxylic acids is 1. The number of aromatic amines is 2. The number of aryl methyl sites for hydroxylation is 1. The van der Waals surface area contributed by atoms with Gasteiger partial charge >= 0.3 is 11.7 Å². The molecule has 0 aromatic carbocycles. The molecule has 21 heavy (non-hydrogen) atoms. The van der Waals surface area contributed by atoms with Crippen molar-refractivity contribution in [2.45, 2.75) is 32.3 Å². The highest BCUT2D eigenvalue weighted by Crippen LogP contribution is 2.00. The summed E-state index contributed by atoms with van der Waals surface area (Å²) in [6, 6.07) is 0. The van der Waals surface area contributed by atoms with Gasteiger partial charge in [0.2, 0.25) is 5.91 Å². The Morgan fingerprint density at radius 1 is 1.29 bits per heavy atom. The second-order valence-electron chi connectivity index (χ2n) is 4.50. The highest BCUT2D eigenvalue weighted by Gasteiger charge is 2.13. The van der Waals surface area contributed by atoms with Crippen molar-refractivity contribution in [3.8, 4) is 0 Å². The van der Waals surface area contributed by atoms with Crippen LogP contribution in [0.4, 0.5) is 0 Å². The lowest BCUT2D eigenvalue weighted by Gasteiger charge is -2.08. The molecule has 9 heteroatoms. The third-order valence-electron chi connectivity index (χ3n) is 2.88. The maximum Gasteiger partial charge on any atom is 0.332 e. The zero-order valence-corrected chi connectivity index (χ0v) is 11.4. The molecule has 9 nitrogen and oxygen atoms in total. The molecule has 1 unspecified atom stereocenters. The molecule has 1 aromatic rings. The number of carboxylic acids is 1. The molecule has 0 aliphatic rings. The highest BCUT2D eigenvalue weighted by molar-refractivity contribution is 5.76. The van der Waals surface area contributed by atoms with Crippen LogP contribution in [0.5, 0.6) is 0 Å². The van der Waals surface area contributed by atoms with Crippen molar-refractivity contribution < 1.29 is 19.8 Å². The molecule has 116 valence electrons. The van der Waals surface area contributed by atoms with Crippen molar-refractivity contribution >= 4 is 11.9 Å². The van der Waals surface area contributed by atoms with Gasteiger partial charge in [0, 0.05) is 30.6 Å². The van der Waals surface area contributed by atoms with Crippen LogP contribution >= 0.6 is 0 Å². The zero-order valence-electron chi connectivity index (χ0n) is 11.4. The first-order valence-corrected chi connectivity index (χ1v) is 6.31. The normalized spacial score (nSPS) is 11.9. The number of aliphatic hydroxyl groups is 1. The zero-order chi connectivity index (χ0) is 16.0. The maximum atomic E-state index is 11.5. The van der Waals surface area contributed by atoms with Crippen molar-refractivity contribution in [1.29, 1.82) is 0 Å². The third kappa shape index (κ3) is 5.22. The number of hydrogen-bond acceptors (Lipinski definition) is 5. The maximum absolute atomic E-state index is 11.5. The number of aliphatic hydroxyl groups excluding tert-OH is 1. The summed E-state index contributed by atoms with van der Waals surface area (Å²) >= 11 is 0. The lowest BCUT2D eigenvalue weighted by atomic mass is 10.1. The predicted octanol–water partition coefficient (Wildman–Crippen LogP) is -1.74. The smallest absolute Gasteiger partial charge is 0.332 e. The molecule has 0 saturated heterocycles.